The number of likely N-dealkylation sites (N-methyl/N-ethyl adjacent to an activating group) is 1. The van der Waals surface area contributed by atoms with Crippen molar-refractivity contribution in [3.63, 3.8) is 0 Å². The zero-order chi connectivity index (χ0) is 49.2. The molecule has 0 saturated carbocycles. The van der Waals surface area contributed by atoms with E-state index in [9.17, 15) is 19.0 Å². The number of phosphoric ester groups is 1. The number of hydrogen-bond donors (Lipinski definition) is 1. The molecule has 0 aromatic carbocycles. The van der Waals surface area contributed by atoms with Crippen molar-refractivity contribution in [3.05, 3.63) is 36.5 Å². The molecular weight excluding hydrogens is 858 g/mol. The minimum Gasteiger partial charge on any atom is -0.462 e. The Morgan fingerprint density at radius 3 is 1.25 bits per heavy atom. The Hall–Kier alpha value is -1.77. The van der Waals surface area contributed by atoms with Gasteiger partial charge >= 0.3 is 19.8 Å². The van der Waals surface area contributed by atoms with Crippen molar-refractivity contribution in [1.29, 1.82) is 0 Å². The van der Waals surface area contributed by atoms with Gasteiger partial charge in [0.15, 0.2) is 6.10 Å². The number of allylic oxidation sites excluding steroid dienone is 6. The first kappa shape index (κ1) is 65.2. The Morgan fingerprint density at radius 2 is 0.836 bits per heavy atom. The molecule has 9 nitrogen and oxygen atoms in total. The number of unbranched alkanes of at least 4 members (excludes halogenated alkanes) is 32. The first-order chi connectivity index (χ1) is 32.5. The summed E-state index contributed by atoms with van der Waals surface area (Å²) in [4.78, 5) is 35.5. The topological polar surface area (TPSA) is 108 Å². The van der Waals surface area contributed by atoms with Crippen LogP contribution < -0.4 is 0 Å². The summed E-state index contributed by atoms with van der Waals surface area (Å²) in [7, 11) is 1.48. The summed E-state index contributed by atoms with van der Waals surface area (Å²) in [5, 5.41) is 0. The molecule has 0 amide bonds. The Morgan fingerprint density at radius 1 is 0.463 bits per heavy atom. The van der Waals surface area contributed by atoms with Crippen LogP contribution in [0.15, 0.2) is 36.5 Å². The van der Waals surface area contributed by atoms with Crippen molar-refractivity contribution >= 4 is 19.8 Å². The Bertz CT molecular complexity index is 1230. The van der Waals surface area contributed by atoms with E-state index in [0.29, 0.717) is 17.4 Å². The lowest BCUT2D eigenvalue weighted by atomic mass is 10.0. The lowest BCUT2D eigenvalue weighted by molar-refractivity contribution is -0.870. The van der Waals surface area contributed by atoms with Crippen LogP contribution in [-0.2, 0) is 32.7 Å². The zero-order valence-corrected chi connectivity index (χ0v) is 45.5. The average molecular weight is 967 g/mol. The molecule has 0 aliphatic carbocycles. The Kier molecular flexibility index (Phi) is 47.9. The van der Waals surface area contributed by atoms with Crippen LogP contribution in [0.4, 0.5) is 0 Å². The van der Waals surface area contributed by atoms with E-state index >= 15 is 0 Å². The van der Waals surface area contributed by atoms with E-state index in [-0.39, 0.29) is 32.0 Å². The molecular formula is C57H109NO8P+. The minimum atomic E-state index is -4.38. The van der Waals surface area contributed by atoms with E-state index in [2.05, 4.69) is 50.3 Å². The molecule has 0 fully saturated rings. The van der Waals surface area contributed by atoms with Crippen LogP contribution in [0.3, 0.4) is 0 Å². The number of nitrogens with zero attached hydrogens (tertiary/aromatic N) is 1. The molecule has 394 valence electrons. The third-order valence-electron chi connectivity index (χ3n) is 12.4. The van der Waals surface area contributed by atoms with Gasteiger partial charge in [0, 0.05) is 12.8 Å². The maximum atomic E-state index is 12.8. The van der Waals surface area contributed by atoms with Gasteiger partial charge < -0.3 is 18.9 Å². The fourth-order valence-corrected chi connectivity index (χ4v) is 8.73. The van der Waals surface area contributed by atoms with E-state index in [4.69, 9.17) is 18.5 Å². The van der Waals surface area contributed by atoms with Gasteiger partial charge in [0.25, 0.3) is 0 Å². The fourth-order valence-electron chi connectivity index (χ4n) is 7.99. The van der Waals surface area contributed by atoms with Crippen molar-refractivity contribution in [2.24, 2.45) is 0 Å². The number of carbonyl (C=O) groups excluding carboxylic acids is 2. The molecule has 0 heterocycles. The van der Waals surface area contributed by atoms with E-state index in [0.717, 1.165) is 64.2 Å². The molecule has 0 aliphatic heterocycles. The molecule has 2 atom stereocenters. The van der Waals surface area contributed by atoms with Crippen molar-refractivity contribution < 1.29 is 42.1 Å². The van der Waals surface area contributed by atoms with Crippen molar-refractivity contribution in [3.8, 4) is 0 Å². The van der Waals surface area contributed by atoms with Gasteiger partial charge in [-0.2, -0.15) is 0 Å². The first-order valence-corrected chi connectivity index (χ1v) is 29.7. The predicted octanol–water partition coefficient (Wildman–Crippen LogP) is 17.2. The van der Waals surface area contributed by atoms with Crippen molar-refractivity contribution in [2.75, 3.05) is 47.5 Å². The molecule has 0 bridgehead atoms. The molecule has 1 N–H and O–H groups in total. The summed E-state index contributed by atoms with van der Waals surface area (Å²) >= 11 is 0. The second-order valence-corrected chi connectivity index (χ2v) is 21.8. The summed E-state index contributed by atoms with van der Waals surface area (Å²) in [6.45, 7) is 4.37. The van der Waals surface area contributed by atoms with Crippen LogP contribution in [0.5, 0.6) is 0 Å². The second-order valence-electron chi connectivity index (χ2n) is 20.3. The van der Waals surface area contributed by atoms with Gasteiger partial charge in [0.05, 0.1) is 27.7 Å². The predicted molar refractivity (Wildman–Crippen MR) is 284 cm³/mol. The van der Waals surface area contributed by atoms with Gasteiger partial charge in [-0.3, -0.25) is 18.6 Å². The maximum absolute atomic E-state index is 12.8. The molecule has 0 spiro atoms. The van der Waals surface area contributed by atoms with Gasteiger partial charge in [0.2, 0.25) is 0 Å². The minimum absolute atomic E-state index is 0.0320. The molecule has 0 radical (unpaired) electrons. The highest BCUT2D eigenvalue weighted by atomic mass is 31.2. The Labute approximate surface area is 414 Å². The van der Waals surface area contributed by atoms with Crippen LogP contribution in [-0.4, -0.2) is 74.9 Å². The standard InChI is InChI=1S/C57H108NO8P/c1-6-8-10-12-14-16-18-19-20-21-22-23-24-25-26-27-28-29-30-31-32-33-34-35-36-37-38-39-40-42-44-46-48-50-57(60)66-55(54-65-67(61,62)64-52-51-58(3,4)5)53-63-56(59)49-47-45-43-41-17-15-13-11-9-7-2/h11,13,18-19,21-22,55H,6-10,12,14-17,20,23-54H2,1-5H3/p+1/b13-11-,19-18-,22-21-. The number of ether oxygens (including phenoxy) is 2. The molecule has 0 saturated heterocycles. The summed E-state index contributed by atoms with van der Waals surface area (Å²) in [5.41, 5.74) is 0. The molecule has 2 unspecified atom stereocenters. The van der Waals surface area contributed by atoms with Crippen molar-refractivity contribution in [1.82, 2.24) is 0 Å². The number of phosphoric acid groups is 1. The summed E-state index contributed by atoms with van der Waals surface area (Å²) in [6, 6.07) is 0. The highest BCUT2D eigenvalue weighted by Gasteiger charge is 2.27. The lowest BCUT2D eigenvalue weighted by Gasteiger charge is -2.24. The summed E-state index contributed by atoms with van der Waals surface area (Å²) < 4.78 is 34.4. The normalized spacial score (nSPS) is 13.6. The number of rotatable bonds is 52. The molecule has 0 rings (SSSR count). The third-order valence-corrected chi connectivity index (χ3v) is 13.4. The second kappa shape index (κ2) is 49.2. The number of quaternary nitrogens is 1. The van der Waals surface area contributed by atoms with Crippen LogP contribution in [0.1, 0.15) is 264 Å². The molecule has 10 heteroatoms. The number of hydrogen-bond acceptors (Lipinski definition) is 7. The quantitative estimate of drug-likeness (QED) is 0.0211. The highest BCUT2D eigenvalue weighted by Crippen LogP contribution is 2.43. The van der Waals surface area contributed by atoms with Gasteiger partial charge in [-0.05, 0) is 64.2 Å². The molecule has 0 aromatic heterocycles. The van der Waals surface area contributed by atoms with E-state index in [1.54, 1.807) is 0 Å². The number of carbonyl (C=O) groups is 2. The van der Waals surface area contributed by atoms with Crippen LogP contribution in [0.25, 0.3) is 0 Å². The smallest absolute Gasteiger partial charge is 0.462 e. The van der Waals surface area contributed by atoms with E-state index in [1.165, 1.54) is 167 Å². The van der Waals surface area contributed by atoms with Crippen LogP contribution in [0.2, 0.25) is 0 Å². The number of esters is 2. The summed E-state index contributed by atoms with van der Waals surface area (Å²) in [5.74, 6) is -0.801. The van der Waals surface area contributed by atoms with E-state index < -0.39 is 26.5 Å². The van der Waals surface area contributed by atoms with E-state index in [1.807, 2.05) is 21.1 Å². The molecule has 0 aromatic rings. The zero-order valence-electron chi connectivity index (χ0n) is 44.6. The SMILES string of the molecule is CCC/C=C\CCCCCCCC(=O)OCC(COP(=O)(O)OCC[N+](C)(C)C)OC(=O)CCCCCCCCCCCCCCCCCCCCCCC/C=C\C/C=C\CCCCCCC. The van der Waals surface area contributed by atoms with Crippen molar-refractivity contribution in [2.45, 2.75) is 270 Å². The fraction of sp³-hybridized carbons (Fsp3) is 0.860. The monoisotopic (exact) mass is 967 g/mol. The average Bonchev–Trinajstić information content (AvgIpc) is 3.29. The highest BCUT2D eigenvalue weighted by molar-refractivity contribution is 7.47. The van der Waals surface area contributed by atoms with Gasteiger partial charge in [-0.15, -0.1) is 0 Å². The molecule has 0 aliphatic rings. The maximum Gasteiger partial charge on any atom is 0.472 e. The first-order valence-electron chi connectivity index (χ1n) is 28.2. The van der Waals surface area contributed by atoms with Crippen LogP contribution in [0, 0.1) is 0 Å². The third kappa shape index (κ3) is 53.4. The van der Waals surface area contributed by atoms with Gasteiger partial charge in [0.1, 0.15) is 19.8 Å². The largest absolute Gasteiger partial charge is 0.472 e. The van der Waals surface area contributed by atoms with Gasteiger partial charge in [-0.1, -0.05) is 224 Å². The van der Waals surface area contributed by atoms with Gasteiger partial charge in [-0.25, -0.2) is 4.57 Å². The lowest BCUT2D eigenvalue weighted by Crippen LogP contribution is -2.37. The van der Waals surface area contributed by atoms with Crippen LogP contribution >= 0.6 is 7.82 Å². The molecule has 67 heavy (non-hydrogen) atoms. The summed E-state index contributed by atoms with van der Waals surface area (Å²) in [6.07, 6.45) is 59.6. The Balaban J connectivity index is 3.94.